The molecule has 0 bridgehead atoms. The van der Waals surface area contributed by atoms with Crippen LogP contribution in [0.15, 0.2) is 24.3 Å². The van der Waals surface area contributed by atoms with Crippen LogP contribution in [0.4, 0.5) is 0 Å². The minimum absolute atomic E-state index is 0. The van der Waals surface area contributed by atoms with Gasteiger partial charge in [-0.3, -0.25) is 4.79 Å². The van der Waals surface area contributed by atoms with Crippen molar-refractivity contribution < 1.29 is 4.79 Å². The standard InChI is InChI=1S/C12H17ClN2O.ClH/c1-14-8-7-12(16)15-9-6-10-4-2-3-5-11(10)13;/h2-5,14H,6-9H2,1H3,(H,15,16);1H. The summed E-state index contributed by atoms with van der Waals surface area (Å²) in [6.45, 7) is 1.34. The van der Waals surface area contributed by atoms with E-state index in [1.165, 1.54) is 0 Å². The zero-order valence-corrected chi connectivity index (χ0v) is 11.4. The van der Waals surface area contributed by atoms with E-state index in [9.17, 15) is 4.79 Å². The zero-order valence-electron chi connectivity index (χ0n) is 9.83. The number of carbonyl (C=O) groups excluding carboxylic acids is 1. The van der Waals surface area contributed by atoms with Gasteiger partial charge in [0.05, 0.1) is 0 Å². The van der Waals surface area contributed by atoms with Gasteiger partial charge in [0, 0.05) is 24.5 Å². The molecule has 0 radical (unpaired) electrons. The lowest BCUT2D eigenvalue weighted by atomic mass is 10.1. The molecule has 5 heteroatoms. The molecule has 2 N–H and O–H groups in total. The third kappa shape index (κ3) is 6.51. The second-order valence-corrected chi connectivity index (χ2v) is 3.95. The molecule has 0 fully saturated rings. The fourth-order valence-electron chi connectivity index (χ4n) is 1.36. The molecule has 0 saturated heterocycles. The average molecular weight is 277 g/mol. The number of rotatable bonds is 6. The van der Waals surface area contributed by atoms with Crippen LogP contribution in [0.2, 0.25) is 5.02 Å². The van der Waals surface area contributed by atoms with Gasteiger partial charge in [0.1, 0.15) is 0 Å². The molecule has 1 rings (SSSR count). The predicted molar refractivity (Wildman–Crippen MR) is 74.0 cm³/mol. The van der Waals surface area contributed by atoms with Crippen LogP contribution in [0, 0.1) is 0 Å². The van der Waals surface area contributed by atoms with Crippen molar-refractivity contribution >= 4 is 29.9 Å². The maximum absolute atomic E-state index is 11.3. The Labute approximate surface area is 113 Å². The molecule has 1 aromatic rings. The van der Waals surface area contributed by atoms with Crippen LogP contribution in [0.3, 0.4) is 0 Å². The van der Waals surface area contributed by atoms with Crippen LogP contribution < -0.4 is 10.6 Å². The predicted octanol–water partition coefficient (Wildman–Crippen LogP) is 2.03. The second-order valence-electron chi connectivity index (χ2n) is 3.54. The van der Waals surface area contributed by atoms with Gasteiger partial charge in [0.15, 0.2) is 0 Å². The van der Waals surface area contributed by atoms with Crippen molar-refractivity contribution in [3.8, 4) is 0 Å². The lowest BCUT2D eigenvalue weighted by Crippen LogP contribution is -2.28. The highest BCUT2D eigenvalue weighted by atomic mass is 35.5. The highest BCUT2D eigenvalue weighted by molar-refractivity contribution is 6.31. The first-order chi connectivity index (χ1) is 7.74. The first-order valence-corrected chi connectivity index (χ1v) is 5.76. The average Bonchev–Trinajstić information content (AvgIpc) is 2.29. The Kier molecular flexibility index (Phi) is 8.86. The van der Waals surface area contributed by atoms with E-state index in [1.54, 1.807) is 0 Å². The van der Waals surface area contributed by atoms with Crippen LogP contribution in [0.1, 0.15) is 12.0 Å². The topological polar surface area (TPSA) is 41.1 Å². The molecule has 0 saturated carbocycles. The third-order valence-corrected chi connectivity index (χ3v) is 2.65. The van der Waals surface area contributed by atoms with Crippen molar-refractivity contribution in [3.05, 3.63) is 34.9 Å². The van der Waals surface area contributed by atoms with Crippen LogP contribution in [0.25, 0.3) is 0 Å². The Bertz CT molecular complexity index is 345. The quantitative estimate of drug-likeness (QED) is 0.835. The molecule has 0 atom stereocenters. The molecule has 17 heavy (non-hydrogen) atoms. The number of benzene rings is 1. The summed E-state index contributed by atoms with van der Waals surface area (Å²) in [5.41, 5.74) is 1.07. The summed E-state index contributed by atoms with van der Waals surface area (Å²) in [7, 11) is 1.83. The highest BCUT2D eigenvalue weighted by Crippen LogP contribution is 2.14. The molecule has 0 heterocycles. The van der Waals surface area contributed by atoms with Crippen LogP contribution >= 0.6 is 24.0 Å². The Balaban J connectivity index is 0.00000256. The molecule has 0 spiro atoms. The monoisotopic (exact) mass is 276 g/mol. The van der Waals surface area contributed by atoms with Gasteiger partial charge in [0.2, 0.25) is 5.91 Å². The van der Waals surface area contributed by atoms with Crippen LogP contribution in [0.5, 0.6) is 0 Å². The fourth-order valence-corrected chi connectivity index (χ4v) is 1.59. The van der Waals surface area contributed by atoms with Crippen LogP contribution in [-0.4, -0.2) is 26.0 Å². The number of halogens is 2. The first-order valence-electron chi connectivity index (χ1n) is 5.38. The summed E-state index contributed by atoms with van der Waals surface area (Å²) < 4.78 is 0. The maximum Gasteiger partial charge on any atom is 0.221 e. The van der Waals surface area contributed by atoms with Crippen molar-refractivity contribution in [2.24, 2.45) is 0 Å². The normalized spacial score (nSPS) is 9.53. The lowest BCUT2D eigenvalue weighted by Gasteiger charge is -2.06. The summed E-state index contributed by atoms with van der Waals surface area (Å²) in [6.07, 6.45) is 1.28. The second kappa shape index (κ2) is 9.28. The summed E-state index contributed by atoms with van der Waals surface area (Å²) >= 11 is 6.00. The molecule has 0 aliphatic carbocycles. The first kappa shape index (κ1) is 16.2. The van der Waals surface area contributed by atoms with Gasteiger partial charge in [-0.15, -0.1) is 12.4 Å². The number of amides is 1. The summed E-state index contributed by atoms with van der Waals surface area (Å²) in [6, 6.07) is 7.68. The summed E-state index contributed by atoms with van der Waals surface area (Å²) in [4.78, 5) is 11.3. The van der Waals surface area contributed by atoms with Gasteiger partial charge in [0.25, 0.3) is 0 Å². The van der Waals surface area contributed by atoms with E-state index in [-0.39, 0.29) is 18.3 Å². The van der Waals surface area contributed by atoms with E-state index in [0.29, 0.717) is 19.5 Å². The van der Waals surface area contributed by atoms with Gasteiger partial charge < -0.3 is 10.6 Å². The molecule has 0 aliphatic rings. The number of hydrogen-bond acceptors (Lipinski definition) is 2. The van der Waals surface area contributed by atoms with E-state index in [1.807, 2.05) is 31.3 Å². The minimum Gasteiger partial charge on any atom is -0.356 e. The molecule has 96 valence electrons. The van der Waals surface area contributed by atoms with E-state index >= 15 is 0 Å². The number of carbonyl (C=O) groups is 1. The van der Waals surface area contributed by atoms with Gasteiger partial charge in [-0.2, -0.15) is 0 Å². The van der Waals surface area contributed by atoms with Crippen molar-refractivity contribution in [1.29, 1.82) is 0 Å². The van der Waals surface area contributed by atoms with Crippen molar-refractivity contribution in [2.45, 2.75) is 12.8 Å². The molecular weight excluding hydrogens is 259 g/mol. The van der Waals surface area contributed by atoms with E-state index < -0.39 is 0 Å². The van der Waals surface area contributed by atoms with E-state index in [4.69, 9.17) is 11.6 Å². The lowest BCUT2D eigenvalue weighted by molar-refractivity contribution is -0.120. The molecule has 0 aromatic heterocycles. The largest absolute Gasteiger partial charge is 0.356 e. The summed E-state index contributed by atoms with van der Waals surface area (Å²) in [5.74, 6) is 0.0707. The number of hydrogen-bond donors (Lipinski definition) is 2. The molecule has 3 nitrogen and oxygen atoms in total. The third-order valence-electron chi connectivity index (χ3n) is 2.28. The minimum atomic E-state index is 0. The molecular formula is C12H18Cl2N2O. The van der Waals surface area contributed by atoms with Gasteiger partial charge in [-0.25, -0.2) is 0 Å². The molecule has 0 unspecified atom stereocenters. The van der Waals surface area contributed by atoms with Crippen molar-refractivity contribution in [1.82, 2.24) is 10.6 Å². The van der Waals surface area contributed by atoms with Gasteiger partial charge >= 0.3 is 0 Å². The Morgan fingerprint density at radius 3 is 2.65 bits per heavy atom. The Morgan fingerprint density at radius 1 is 1.29 bits per heavy atom. The SMILES string of the molecule is CNCCC(=O)NCCc1ccccc1Cl.Cl. The van der Waals surface area contributed by atoms with Crippen molar-refractivity contribution in [3.63, 3.8) is 0 Å². The van der Waals surface area contributed by atoms with Gasteiger partial charge in [-0.1, -0.05) is 29.8 Å². The number of nitrogens with one attached hydrogen (secondary N) is 2. The molecule has 0 aliphatic heterocycles. The fraction of sp³-hybridized carbons (Fsp3) is 0.417. The van der Waals surface area contributed by atoms with Gasteiger partial charge in [-0.05, 0) is 25.1 Å². The van der Waals surface area contributed by atoms with Crippen molar-refractivity contribution in [2.75, 3.05) is 20.1 Å². The Morgan fingerprint density at radius 2 is 2.00 bits per heavy atom. The molecule has 1 amide bonds. The zero-order chi connectivity index (χ0) is 11.8. The van der Waals surface area contributed by atoms with E-state index in [0.717, 1.165) is 17.0 Å². The highest BCUT2D eigenvalue weighted by Gasteiger charge is 2.01. The smallest absolute Gasteiger partial charge is 0.221 e. The molecule has 1 aromatic carbocycles. The van der Waals surface area contributed by atoms with Crippen LogP contribution in [-0.2, 0) is 11.2 Å². The Hall–Kier alpha value is -0.770. The summed E-state index contributed by atoms with van der Waals surface area (Å²) in [5, 5.41) is 6.55. The maximum atomic E-state index is 11.3. The van der Waals surface area contributed by atoms with E-state index in [2.05, 4.69) is 10.6 Å².